The van der Waals surface area contributed by atoms with Crippen LogP contribution in [-0.2, 0) is 0 Å². The van der Waals surface area contributed by atoms with Crippen LogP contribution in [0.3, 0.4) is 0 Å². The zero-order chi connectivity index (χ0) is 14.9. The Balaban J connectivity index is 2.25. The Bertz CT molecular complexity index is 492. The van der Waals surface area contributed by atoms with Crippen molar-refractivity contribution in [1.82, 2.24) is 9.88 Å². The number of hydrogen-bond acceptors (Lipinski definition) is 3. The van der Waals surface area contributed by atoms with Crippen molar-refractivity contribution < 1.29 is 4.79 Å². The lowest BCUT2D eigenvalue weighted by atomic mass is 10.1. The molecule has 1 aliphatic rings. The third-order valence-electron chi connectivity index (χ3n) is 3.74. The minimum atomic E-state index is 0.0721. The summed E-state index contributed by atoms with van der Waals surface area (Å²) in [5.74, 6) is 1.45. The second-order valence-electron chi connectivity index (χ2n) is 6.35. The largest absolute Gasteiger partial charge is 0.384 e. The van der Waals surface area contributed by atoms with Gasteiger partial charge in [0.1, 0.15) is 5.82 Å². The Morgan fingerprint density at radius 1 is 1.35 bits per heavy atom. The van der Waals surface area contributed by atoms with Crippen LogP contribution in [0.15, 0.2) is 12.1 Å². The minimum absolute atomic E-state index is 0.0721. The fourth-order valence-corrected chi connectivity index (χ4v) is 2.27. The highest BCUT2D eigenvalue weighted by Crippen LogP contribution is 2.31. The number of hydrogen-bond donors (Lipinski definition) is 1. The molecule has 110 valence electrons. The zero-order valence-electron chi connectivity index (χ0n) is 12.9. The van der Waals surface area contributed by atoms with Crippen LogP contribution < -0.4 is 5.73 Å². The molecule has 0 atom stereocenters. The molecule has 0 spiro atoms. The van der Waals surface area contributed by atoms with Gasteiger partial charge in [0.15, 0.2) is 0 Å². The third-order valence-corrected chi connectivity index (χ3v) is 3.74. The number of anilines is 1. The monoisotopic (exact) mass is 275 g/mol. The summed E-state index contributed by atoms with van der Waals surface area (Å²) in [4.78, 5) is 19.0. The van der Waals surface area contributed by atoms with Crippen LogP contribution in [0.1, 0.15) is 62.5 Å². The summed E-state index contributed by atoms with van der Waals surface area (Å²) in [5.41, 5.74) is 7.38. The quantitative estimate of drug-likeness (QED) is 0.898. The number of pyridine rings is 1. The van der Waals surface area contributed by atoms with Gasteiger partial charge in [0.05, 0.1) is 0 Å². The van der Waals surface area contributed by atoms with Crippen molar-refractivity contribution in [2.45, 2.75) is 52.5 Å². The Labute approximate surface area is 121 Å². The van der Waals surface area contributed by atoms with E-state index in [1.807, 2.05) is 11.0 Å². The predicted molar refractivity (Wildman–Crippen MR) is 81.6 cm³/mol. The van der Waals surface area contributed by atoms with Crippen molar-refractivity contribution in [2.75, 3.05) is 12.3 Å². The normalized spacial score (nSPS) is 14.9. The first-order chi connectivity index (χ1) is 9.38. The van der Waals surface area contributed by atoms with E-state index in [4.69, 9.17) is 5.73 Å². The summed E-state index contributed by atoms with van der Waals surface area (Å²) in [7, 11) is 0. The molecular weight excluding hydrogens is 250 g/mol. The van der Waals surface area contributed by atoms with E-state index in [1.54, 1.807) is 6.07 Å². The maximum Gasteiger partial charge on any atom is 0.254 e. The second-order valence-corrected chi connectivity index (χ2v) is 6.35. The molecule has 0 bridgehead atoms. The van der Waals surface area contributed by atoms with E-state index in [1.165, 1.54) is 12.8 Å². The molecule has 0 aromatic carbocycles. The molecule has 1 amide bonds. The van der Waals surface area contributed by atoms with Gasteiger partial charge < -0.3 is 10.6 Å². The summed E-state index contributed by atoms with van der Waals surface area (Å²) < 4.78 is 0. The van der Waals surface area contributed by atoms with Crippen LogP contribution in [0.4, 0.5) is 5.82 Å². The summed E-state index contributed by atoms with van der Waals surface area (Å²) >= 11 is 0. The fourth-order valence-electron chi connectivity index (χ4n) is 2.27. The smallest absolute Gasteiger partial charge is 0.254 e. The number of amides is 1. The number of carbonyl (C=O) groups excluding carboxylic acids is 1. The van der Waals surface area contributed by atoms with Gasteiger partial charge in [-0.2, -0.15) is 0 Å². The molecule has 0 unspecified atom stereocenters. The molecule has 4 nitrogen and oxygen atoms in total. The Morgan fingerprint density at radius 2 is 2.00 bits per heavy atom. The molecule has 0 radical (unpaired) electrons. The van der Waals surface area contributed by atoms with Crippen molar-refractivity contribution in [2.24, 2.45) is 5.92 Å². The van der Waals surface area contributed by atoms with E-state index in [0.29, 0.717) is 17.3 Å². The van der Waals surface area contributed by atoms with Gasteiger partial charge in [0.25, 0.3) is 5.91 Å². The maximum atomic E-state index is 12.7. The van der Waals surface area contributed by atoms with Crippen molar-refractivity contribution in [3.05, 3.63) is 23.4 Å². The Hall–Kier alpha value is -1.58. The highest BCUT2D eigenvalue weighted by atomic mass is 16.2. The average molecular weight is 275 g/mol. The first kappa shape index (κ1) is 14.8. The van der Waals surface area contributed by atoms with E-state index < -0.39 is 0 Å². The lowest BCUT2D eigenvalue weighted by Crippen LogP contribution is -2.38. The molecule has 1 fully saturated rings. The molecular formula is C16H25N3O. The number of nitrogens with zero attached hydrogens (tertiary/aromatic N) is 2. The zero-order valence-corrected chi connectivity index (χ0v) is 12.9. The number of carbonyl (C=O) groups is 1. The predicted octanol–water partition coefficient (Wildman–Crippen LogP) is 3.05. The van der Waals surface area contributed by atoms with Crippen LogP contribution in [0.5, 0.6) is 0 Å². The van der Waals surface area contributed by atoms with Crippen LogP contribution in [-0.4, -0.2) is 28.4 Å². The van der Waals surface area contributed by atoms with Gasteiger partial charge in [-0.15, -0.1) is 0 Å². The van der Waals surface area contributed by atoms with Crippen LogP contribution >= 0.6 is 0 Å². The van der Waals surface area contributed by atoms with Gasteiger partial charge in [0, 0.05) is 23.8 Å². The summed E-state index contributed by atoms with van der Waals surface area (Å²) in [6, 6.07) is 3.78. The van der Waals surface area contributed by atoms with Gasteiger partial charge in [-0.05, 0) is 50.7 Å². The number of rotatable bonds is 5. The number of nitrogens with two attached hydrogens (primary N) is 1. The molecule has 1 aliphatic carbocycles. The molecule has 2 N–H and O–H groups in total. The van der Waals surface area contributed by atoms with Crippen molar-refractivity contribution >= 4 is 11.7 Å². The highest BCUT2D eigenvalue weighted by molar-refractivity contribution is 5.95. The van der Waals surface area contributed by atoms with Gasteiger partial charge in [-0.3, -0.25) is 4.79 Å². The van der Waals surface area contributed by atoms with Crippen LogP contribution in [0.25, 0.3) is 0 Å². The fraction of sp³-hybridized carbons (Fsp3) is 0.625. The van der Waals surface area contributed by atoms with Crippen molar-refractivity contribution in [3.8, 4) is 0 Å². The van der Waals surface area contributed by atoms with Gasteiger partial charge >= 0.3 is 0 Å². The van der Waals surface area contributed by atoms with Gasteiger partial charge in [-0.1, -0.05) is 13.8 Å². The van der Waals surface area contributed by atoms with Crippen molar-refractivity contribution in [3.63, 3.8) is 0 Å². The van der Waals surface area contributed by atoms with E-state index >= 15 is 0 Å². The summed E-state index contributed by atoms with van der Waals surface area (Å²) in [6.07, 6.45) is 2.48. The average Bonchev–Trinajstić information content (AvgIpc) is 3.17. The van der Waals surface area contributed by atoms with Crippen LogP contribution in [0, 0.1) is 5.92 Å². The standard InChI is InChI=1S/C16H25N3O/c1-10(2)14-7-13(8-15(17)18-14)16(20)19(11(3)4)9-12-5-6-12/h7-8,10-12H,5-6,9H2,1-4H3,(H2,17,18). The second kappa shape index (κ2) is 5.81. The first-order valence-corrected chi connectivity index (χ1v) is 7.47. The van der Waals surface area contributed by atoms with Gasteiger partial charge in [-0.25, -0.2) is 4.98 Å². The molecule has 2 rings (SSSR count). The lowest BCUT2D eigenvalue weighted by molar-refractivity contribution is 0.0696. The number of aromatic nitrogens is 1. The Morgan fingerprint density at radius 3 is 2.50 bits per heavy atom. The first-order valence-electron chi connectivity index (χ1n) is 7.47. The van der Waals surface area contributed by atoms with Crippen LogP contribution in [0.2, 0.25) is 0 Å². The molecule has 0 saturated heterocycles. The molecule has 20 heavy (non-hydrogen) atoms. The molecule has 0 aliphatic heterocycles. The summed E-state index contributed by atoms with van der Waals surface area (Å²) in [6.45, 7) is 9.10. The van der Waals surface area contributed by atoms with Crippen molar-refractivity contribution in [1.29, 1.82) is 0 Å². The molecule has 1 aromatic heterocycles. The van der Waals surface area contributed by atoms with E-state index in [9.17, 15) is 4.79 Å². The van der Waals surface area contributed by atoms with E-state index in [0.717, 1.165) is 12.2 Å². The van der Waals surface area contributed by atoms with E-state index in [2.05, 4.69) is 32.7 Å². The minimum Gasteiger partial charge on any atom is -0.384 e. The highest BCUT2D eigenvalue weighted by Gasteiger charge is 2.29. The maximum absolute atomic E-state index is 12.7. The third kappa shape index (κ3) is 3.50. The molecule has 1 heterocycles. The Kier molecular flexibility index (Phi) is 4.31. The van der Waals surface area contributed by atoms with Gasteiger partial charge in [0.2, 0.25) is 0 Å². The molecule has 4 heteroatoms. The molecule has 1 aromatic rings. The SMILES string of the molecule is CC(C)c1cc(C(=O)N(CC2CC2)C(C)C)cc(N)n1. The topological polar surface area (TPSA) is 59.2 Å². The lowest BCUT2D eigenvalue weighted by Gasteiger charge is -2.27. The van der Waals surface area contributed by atoms with E-state index in [-0.39, 0.29) is 17.9 Å². The number of nitrogen functional groups attached to an aromatic ring is 1. The molecule has 1 saturated carbocycles. The summed E-state index contributed by atoms with van der Waals surface area (Å²) in [5, 5.41) is 0.